The van der Waals surface area contributed by atoms with E-state index in [1.165, 1.54) is 59.3 Å². The van der Waals surface area contributed by atoms with Gasteiger partial charge in [0.2, 0.25) is 0 Å². The monoisotopic (exact) mass is 679 g/mol. The van der Waals surface area contributed by atoms with E-state index in [4.69, 9.17) is 15.0 Å². The van der Waals surface area contributed by atoms with Crippen LogP contribution in [0, 0.1) is 0 Å². The molecule has 0 N–H and O–H groups in total. The zero-order valence-corrected chi connectivity index (χ0v) is 28.8. The van der Waals surface area contributed by atoms with E-state index >= 15 is 0 Å². The second kappa shape index (κ2) is 11.3. The van der Waals surface area contributed by atoms with Crippen molar-refractivity contribution in [2.75, 3.05) is 0 Å². The van der Waals surface area contributed by atoms with Gasteiger partial charge < -0.3 is 0 Å². The molecule has 0 unspecified atom stereocenters. The second-order valence-electron chi connectivity index (χ2n) is 13.5. The van der Waals surface area contributed by atoms with Crippen LogP contribution in [-0.4, -0.2) is 15.0 Å². The van der Waals surface area contributed by atoms with Crippen molar-refractivity contribution in [3.8, 4) is 45.3 Å². The SMILES string of the molecule is c1ccc(-c2nc(-c3ccc4c(ccc5ccccc54)c3)nc(-c3cccc4c3Sc3ccccc3C43c4ccccc4-c4ccccc43)n2)cc1. The van der Waals surface area contributed by atoms with E-state index in [-0.39, 0.29) is 0 Å². The summed E-state index contributed by atoms with van der Waals surface area (Å²) in [6.45, 7) is 0. The summed E-state index contributed by atoms with van der Waals surface area (Å²) in [5, 5.41) is 4.85. The van der Waals surface area contributed by atoms with Crippen LogP contribution in [0.2, 0.25) is 0 Å². The average molecular weight is 680 g/mol. The maximum absolute atomic E-state index is 5.30. The number of aromatic nitrogens is 3. The fourth-order valence-corrected chi connectivity index (χ4v) is 9.85. The van der Waals surface area contributed by atoms with Crippen LogP contribution in [-0.2, 0) is 5.41 Å². The van der Waals surface area contributed by atoms with Gasteiger partial charge in [-0.15, -0.1) is 0 Å². The van der Waals surface area contributed by atoms with Gasteiger partial charge in [-0.05, 0) is 67.1 Å². The molecule has 11 rings (SSSR count). The van der Waals surface area contributed by atoms with Crippen molar-refractivity contribution in [2.24, 2.45) is 0 Å². The van der Waals surface area contributed by atoms with Gasteiger partial charge in [-0.25, -0.2) is 15.0 Å². The van der Waals surface area contributed by atoms with E-state index in [0.717, 1.165) is 22.1 Å². The molecular formula is C48H29N3S. The summed E-state index contributed by atoms with van der Waals surface area (Å²) < 4.78 is 0. The molecule has 2 heterocycles. The Kier molecular flexibility index (Phi) is 6.40. The highest BCUT2D eigenvalue weighted by molar-refractivity contribution is 7.99. The molecule has 0 amide bonds. The normalized spacial score (nSPS) is 13.5. The van der Waals surface area contributed by atoms with E-state index in [2.05, 4.69) is 158 Å². The van der Waals surface area contributed by atoms with Crippen LogP contribution < -0.4 is 0 Å². The summed E-state index contributed by atoms with van der Waals surface area (Å²) in [7, 11) is 0. The molecule has 8 aromatic carbocycles. The van der Waals surface area contributed by atoms with Crippen LogP contribution in [0.5, 0.6) is 0 Å². The number of benzene rings is 8. The third kappa shape index (κ3) is 4.19. The Labute approximate surface area is 305 Å². The number of nitrogens with zero attached hydrogens (tertiary/aromatic N) is 3. The highest BCUT2D eigenvalue weighted by Gasteiger charge is 2.50. The Hall–Kier alpha value is -6.36. The maximum Gasteiger partial charge on any atom is 0.165 e. The molecular weight excluding hydrogens is 651 g/mol. The van der Waals surface area contributed by atoms with E-state index < -0.39 is 5.41 Å². The predicted molar refractivity (Wildman–Crippen MR) is 213 cm³/mol. The van der Waals surface area contributed by atoms with Crippen molar-refractivity contribution >= 4 is 33.3 Å². The quantitative estimate of drug-likeness (QED) is 0.174. The second-order valence-corrected chi connectivity index (χ2v) is 14.6. The topological polar surface area (TPSA) is 38.7 Å². The predicted octanol–water partition coefficient (Wildman–Crippen LogP) is 12.0. The van der Waals surface area contributed by atoms with Crippen LogP contribution in [0.1, 0.15) is 22.3 Å². The van der Waals surface area contributed by atoms with E-state index in [9.17, 15) is 0 Å². The Morgan fingerprint density at radius 3 is 1.75 bits per heavy atom. The van der Waals surface area contributed by atoms with Gasteiger partial charge in [-0.3, -0.25) is 0 Å². The molecule has 4 heteroatoms. The zero-order valence-electron chi connectivity index (χ0n) is 28.0. The van der Waals surface area contributed by atoms with Crippen molar-refractivity contribution in [3.05, 3.63) is 198 Å². The molecule has 1 aliphatic heterocycles. The van der Waals surface area contributed by atoms with Gasteiger partial charge in [0.15, 0.2) is 17.5 Å². The Bertz CT molecular complexity index is 2850. The van der Waals surface area contributed by atoms with Gasteiger partial charge in [0.05, 0.1) is 5.41 Å². The van der Waals surface area contributed by atoms with E-state index in [1.54, 1.807) is 0 Å². The lowest BCUT2D eigenvalue weighted by Crippen LogP contribution is -2.32. The van der Waals surface area contributed by atoms with Gasteiger partial charge in [0.1, 0.15) is 0 Å². The van der Waals surface area contributed by atoms with Crippen LogP contribution >= 0.6 is 11.8 Å². The molecule has 9 aromatic rings. The smallest absolute Gasteiger partial charge is 0.165 e. The molecule has 242 valence electrons. The Balaban J connectivity index is 1.17. The third-order valence-corrected chi connectivity index (χ3v) is 12.0. The first-order chi connectivity index (χ1) is 25.8. The summed E-state index contributed by atoms with van der Waals surface area (Å²) >= 11 is 1.82. The summed E-state index contributed by atoms with van der Waals surface area (Å²) in [5.41, 5.74) is 10.2. The minimum absolute atomic E-state index is 0.473. The minimum Gasteiger partial charge on any atom is -0.208 e. The molecule has 52 heavy (non-hydrogen) atoms. The number of rotatable bonds is 3. The van der Waals surface area contributed by atoms with Crippen LogP contribution in [0.25, 0.3) is 66.8 Å². The third-order valence-electron chi connectivity index (χ3n) is 10.8. The molecule has 2 aliphatic rings. The molecule has 0 fully saturated rings. The highest BCUT2D eigenvalue weighted by atomic mass is 32.2. The van der Waals surface area contributed by atoms with Gasteiger partial charge in [-0.2, -0.15) is 0 Å². The molecule has 1 aliphatic carbocycles. The molecule has 0 saturated carbocycles. The maximum atomic E-state index is 5.30. The van der Waals surface area contributed by atoms with Gasteiger partial charge in [0, 0.05) is 26.5 Å². The molecule has 0 saturated heterocycles. The first-order valence-corrected chi connectivity index (χ1v) is 18.4. The van der Waals surface area contributed by atoms with Crippen molar-refractivity contribution in [3.63, 3.8) is 0 Å². The summed E-state index contributed by atoms with van der Waals surface area (Å²) in [6.07, 6.45) is 0. The van der Waals surface area contributed by atoms with Crippen molar-refractivity contribution in [1.82, 2.24) is 15.0 Å². The standard InChI is InChI=1S/C48H29N3S/c1-2-14-31(15-3-1)45-49-46(33-27-28-35-32(29-33)26-25-30-13-4-5-16-34(30)35)51-47(50-45)38-19-12-23-42-44(38)52-43-24-11-10-22-41(43)48(42)39-20-8-6-17-36(39)37-18-7-9-21-40(37)48/h1-29H. The number of hydrogen-bond acceptors (Lipinski definition) is 4. The lowest BCUT2D eigenvalue weighted by atomic mass is 9.67. The van der Waals surface area contributed by atoms with Crippen LogP contribution in [0.3, 0.4) is 0 Å². The largest absolute Gasteiger partial charge is 0.208 e. The van der Waals surface area contributed by atoms with Crippen molar-refractivity contribution in [1.29, 1.82) is 0 Å². The molecule has 1 spiro atoms. The Morgan fingerprint density at radius 2 is 0.942 bits per heavy atom. The molecule has 1 aromatic heterocycles. The van der Waals surface area contributed by atoms with Crippen molar-refractivity contribution < 1.29 is 0 Å². The molecule has 0 radical (unpaired) electrons. The van der Waals surface area contributed by atoms with Gasteiger partial charge >= 0.3 is 0 Å². The fourth-order valence-electron chi connectivity index (χ4n) is 8.55. The first-order valence-electron chi connectivity index (χ1n) is 17.6. The number of fused-ring (bicyclic) bond motifs is 12. The minimum atomic E-state index is -0.473. The Morgan fingerprint density at radius 1 is 0.365 bits per heavy atom. The lowest BCUT2D eigenvalue weighted by Gasteiger charge is -2.40. The number of hydrogen-bond donors (Lipinski definition) is 0. The molecule has 0 atom stereocenters. The first kappa shape index (κ1) is 29.4. The lowest BCUT2D eigenvalue weighted by molar-refractivity contribution is 0.722. The van der Waals surface area contributed by atoms with E-state index in [0.29, 0.717) is 17.5 Å². The highest BCUT2D eigenvalue weighted by Crippen LogP contribution is 2.63. The van der Waals surface area contributed by atoms with Gasteiger partial charge in [-0.1, -0.05) is 176 Å². The van der Waals surface area contributed by atoms with Crippen molar-refractivity contribution in [2.45, 2.75) is 15.2 Å². The van der Waals surface area contributed by atoms with Gasteiger partial charge in [0.25, 0.3) is 0 Å². The summed E-state index contributed by atoms with van der Waals surface area (Å²) in [5.74, 6) is 1.98. The molecule has 3 nitrogen and oxygen atoms in total. The fraction of sp³-hybridized carbons (Fsp3) is 0.0208. The van der Waals surface area contributed by atoms with Crippen LogP contribution in [0.4, 0.5) is 0 Å². The zero-order chi connectivity index (χ0) is 34.2. The average Bonchev–Trinajstić information content (AvgIpc) is 3.51. The van der Waals surface area contributed by atoms with E-state index in [1.807, 2.05) is 30.0 Å². The summed E-state index contributed by atoms with van der Waals surface area (Å²) in [4.78, 5) is 18.1. The summed E-state index contributed by atoms with van der Waals surface area (Å²) in [6, 6.07) is 63.2. The molecule has 0 bridgehead atoms. The van der Waals surface area contributed by atoms with Crippen LogP contribution in [0.15, 0.2) is 186 Å².